The van der Waals surface area contributed by atoms with Crippen molar-refractivity contribution in [2.75, 3.05) is 6.61 Å². The van der Waals surface area contributed by atoms with E-state index in [0.717, 1.165) is 5.56 Å². The van der Waals surface area contributed by atoms with E-state index in [0.29, 0.717) is 6.42 Å². The minimum absolute atomic E-state index is 0.165. The SMILES string of the molecule is CCOC(=O)C(=O)NC(C)Cc1ccc(F)cc1. The van der Waals surface area contributed by atoms with Gasteiger partial charge in [-0.25, -0.2) is 9.18 Å². The Morgan fingerprint density at radius 2 is 1.94 bits per heavy atom. The van der Waals surface area contributed by atoms with E-state index >= 15 is 0 Å². The number of rotatable bonds is 4. The van der Waals surface area contributed by atoms with Crippen molar-refractivity contribution in [1.82, 2.24) is 5.32 Å². The van der Waals surface area contributed by atoms with Gasteiger partial charge in [0, 0.05) is 6.04 Å². The summed E-state index contributed by atoms with van der Waals surface area (Å²) in [5.74, 6) is -1.95. The maximum absolute atomic E-state index is 12.7. The lowest BCUT2D eigenvalue weighted by Crippen LogP contribution is -2.39. The van der Waals surface area contributed by atoms with Crippen LogP contribution < -0.4 is 5.32 Å². The van der Waals surface area contributed by atoms with Crippen LogP contribution in [0.4, 0.5) is 4.39 Å². The summed E-state index contributed by atoms with van der Waals surface area (Å²) in [5, 5.41) is 2.52. The van der Waals surface area contributed by atoms with Gasteiger partial charge < -0.3 is 10.1 Å². The molecule has 98 valence electrons. The third-order valence-corrected chi connectivity index (χ3v) is 2.29. The van der Waals surface area contributed by atoms with E-state index in [1.807, 2.05) is 0 Å². The van der Waals surface area contributed by atoms with E-state index in [2.05, 4.69) is 10.1 Å². The molecule has 0 radical (unpaired) electrons. The molecule has 0 saturated heterocycles. The van der Waals surface area contributed by atoms with Gasteiger partial charge >= 0.3 is 11.9 Å². The normalized spacial score (nSPS) is 11.7. The lowest BCUT2D eigenvalue weighted by atomic mass is 10.1. The molecule has 0 fully saturated rings. The average molecular weight is 253 g/mol. The first-order valence-corrected chi connectivity index (χ1v) is 5.75. The fraction of sp³-hybridized carbons (Fsp3) is 0.385. The van der Waals surface area contributed by atoms with Crippen LogP contribution in [0.1, 0.15) is 19.4 Å². The Balaban J connectivity index is 2.46. The van der Waals surface area contributed by atoms with Crippen LogP contribution in [0.2, 0.25) is 0 Å². The van der Waals surface area contributed by atoms with Crippen LogP contribution in [0.15, 0.2) is 24.3 Å². The van der Waals surface area contributed by atoms with Gasteiger partial charge in [-0.15, -0.1) is 0 Å². The molecule has 0 spiro atoms. The highest BCUT2D eigenvalue weighted by atomic mass is 19.1. The van der Waals surface area contributed by atoms with Crippen molar-refractivity contribution in [3.63, 3.8) is 0 Å². The maximum Gasteiger partial charge on any atom is 0.396 e. The minimum Gasteiger partial charge on any atom is -0.459 e. The summed E-state index contributed by atoms with van der Waals surface area (Å²) in [6, 6.07) is 5.77. The van der Waals surface area contributed by atoms with Crippen LogP contribution in [0.25, 0.3) is 0 Å². The van der Waals surface area contributed by atoms with Crippen LogP contribution >= 0.6 is 0 Å². The molecule has 0 aliphatic carbocycles. The van der Waals surface area contributed by atoms with Gasteiger partial charge in [0.2, 0.25) is 0 Å². The van der Waals surface area contributed by atoms with E-state index in [4.69, 9.17) is 0 Å². The molecule has 1 atom stereocenters. The standard InChI is InChI=1S/C13H16FNO3/c1-3-18-13(17)12(16)15-9(2)8-10-4-6-11(14)7-5-10/h4-7,9H,3,8H2,1-2H3,(H,15,16). The summed E-state index contributed by atoms with van der Waals surface area (Å²) in [6.07, 6.45) is 0.519. The van der Waals surface area contributed by atoms with Gasteiger partial charge in [-0.1, -0.05) is 12.1 Å². The predicted octanol–water partition coefficient (Wildman–Crippen LogP) is 1.44. The quantitative estimate of drug-likeness (QED) is 0.652. The van der Waals surface area contributed by atoms with Gasteiger partial charge in [0.15, 0.2) is 0 Å². The van der Waals surface area contributed by atoms with Gasteiger partial charge in [-0.05, 0) is 38.0 Å². The van der Waals surface area contributed by atoms with Crippen molar-refractivity contribution >= 4 is 11.9 Å². The summed E-state index contributed by atoms with van der Waals surface area (Å²) in [6.45, 7) is 3.56. The third-order valence-electron chi connectivity index (χ3n) is 2.29. The van der Waals surface area contributed by atoms with Crippen molar-refractivity contribution in [1.29, 1.82) is 0 Å². The van der Waals surface area contributed by atoms with Crippen LogP contribution in [-0.2, 0) is 20.7 Å². The number of carbonyl (C=O) groups excluding carboxylic acids is 2. The van der Waals surface area contributed by atoms with Crippen molar-refractivity contribution in [3.05, 3.63) is 35.6 Å². The van der Waals surface area contributed by atoms with Crippen molar-refractivity contribution in [2.45, 2.75) is 26.3 Å². The second-order valence-corrected chi connectivity index (χ2v) is 3.93. The third kappa shape index (κ3) is 4.53. The summed E-state index contributed by atoms with van der Waals surface area (Å²) in [5.41, 5.74) is 0.882. The van der Waals surface area contributed by atoms with Crippen LogP contribution in [0, 0.1) is 5.82 Å². The van der Waals surface area contributed by atoms with Crippen molar-refractivity contribution in [3.8, 4) is 0 Å². The number of hydrogen-bond acceptors (Lipinski definition) is 3. The fourth-order valence-electron chi connectivity index (χ4n) is 1.50. The van der Waals surface area contributed by atoms with Gasteiger partial charge in [-0.3, -0.25) is 4.79 Å². The molecule has 1 aromatic rings. The molecule has 18 heavy (non-hydrogen) atoms. The van der Waals surface area contributed by atoms with E-state index in [1.54, 1.807) is 26.0 Å². The number of ether oxygens (including phenoxy) is 1. The van der Waals surface area contributed by atoms with E-state index < -0.39 is 11.9 Å². The largest absolute Gasteiger partial charge is 0.459 e. The molecule has 0 saturated carbocycles. The molecule has 1 unspecified atom stereocenters. The lowest BCUT2D eigenvalue weighted by molar-refractivity contribution is -0.154. The summed E-state index contributed by atoms with van der Waals surface area (Å²) in [4.78, 5) is 22.4. The molecular formula is C13H16FNO3. The Morgan fingerprint density at radius 3 is 2.50 bits per heavy atom. The minimum atomic E-state index is -0.886. The van der Waals surface area contributed by atoms with Crippen LogP contribution in [0.5, 0.6) is 0 Å². The van der Waals surface area contributed by atoms with Gasteiger partial charge in [0.05, 0.1) is 6.61 Å². The highest BCUT2D eigenvalue weighted by Crippen LogP contribution is 2.05. The maximum atomic E-state index is 12.7. The summed E-state index contributed by atoms with van der Waals surface area (Å²) < 4.78 is 17.3. The van der Waals surface area contributed by atoms with E-state index in [9.17, 15) is 14.0 Å². The number of amides is 1. The topological polar surface area (TPSA) is 55.4 Å². The molecule has 0 aromatic heterocycles. The van der Waals surface area contributed by atoms with Crippen molar-refractivity contribution in [2.24, 2.45) is 0 Å². The number of hydrogen-bond donors (Lipinski definition) is 1. The Kier molecular flexibility index (Phi) is 5.30. The number of halogens is 1. The zero-order chi connectivity index (χ0) is 13.5. The number of nitrogens with one attached hydrogen (secondary N) is 1. The first kappa shape index (κ1) is 14.2. The van der Waals surface area contributed by atoms with Crippen LogP contribution in [-0.4, -0.2) is 24.5 Å². The van der Waals surface area contributed by atoms with Crippen molar-refractivity contribution < 1.29 is 18.7 Å². The monoisotopic (exact) mass is 253 g/mol. The Morgan fingerprint density at radius 1 is 1.33 bits per heavy atom. The lowest BCUT2D eigenvalue weighted by Gasteiger charge is -2.13. The molecule has 5 heteroatoms. The molecule has 0 aliphatic rings. The average Bonchev–Trinajstić information content (AvgIpc) is 2.32. The Hall–Kier alpha value is -1.91. The first-order chi connectivity index (χ1) is 8.52. The molecule has 4 nitrogen and oxygen atoms in total. The molecule has 1 aromatic carbocycles. The van der Waals surface area contributed by atoms with Gasteiger partial charge in [-0.2, -0.15) is 0 Å². The Labute approximate surface area is 105 Å². The zero-order valence-corrected chi connectivity index (χ0v) is 10.4. The number of carbonyl (C=O) groups is 2. The zero-order valence-electron chi connectivity index (χ0n) is 10.4. The first-order valence-electron chi connectivity index (χ1n) is 5.75. The molecular weight excluding hydrogens is 237 g/mol. The number of benzene rings is 1. The predicted molar refractivity (Wildman–Crippen MR) is 64.3 cm³/mol. The summed E-state index contributed by atoms with van der Waals surface area (Å²) in [7, 11) is 0. The fourth-order valence-corrected chi connectivity index (χ4v) is 1.50. The molecule has 0 bridgehead atoms. The molecule has 0 aliphatic heterocycles. The molecule has 1 N–H and O–H groups in total. The second-order valence-electron chi connectivity index (χ2n) is 3.93. The summed E-state index contributed by atoms with van der Waals surface area (Å²) >= 11 is 0. The molecule has 1 rings (SSSR count). The molecule has 1 amide bonds. The Bertz CT molecular complexity index is 417. The smallest absolute Gasteiger partial charge is 0.396 e. The highest BCUT2D eigenvalue weighted by molar-refractivity contribution is 6.32. The van der Waals surface area contributed by atoms with Gasteiger partial charge in [0.1, 0.15) is 5.82 Å². The highest BCUT2D eigenvalue weighted by Gasteiger charge is 2.17. The van der Waals surface area contributed by atoms with Crippen LogP contribution in [0.3, 0.4) is 0 Å². The molecule has 0 heterocycles. The second kappa shape index (κ2) is 6.74. The van der Waals surface area contributed by atoms with E-state index in [1.165, 1.54) is 12.1 Å². The van der Waals surface area contributed by atoms with E-state index in [-0.39, 0.29) is 18.5 Å². The van der Waals surface area contributed by atoms with Gasteiger partial charge in [0.25, 0.3) is 0 Å². The number of esters is 1.